The number of aromatic nitrogens is 2. The normalized spacial score (nSPS) is 12.5. The molecule has 0 saturated heterocycles. The summed E-state index contributed by atoms with van der Waals surface area (Å²) in [5.74, 6) is 0. The maximum Gasteiger partial charge on any atom is 0.143 e. The van der Waals surface area contributed by atoms with Crippen molar-refractivity contribution in [1.29, 1.82) is 0 Å². The van der Waals surface area contributed by atoms with Crippen LogP contribution >= 0.6 is 0 Å². The van der Waals surface area contributed by atoms with Gasteiger partial charge in [-0.05, 0) is 76.8 Å². The number of aryl methyl sites for hydroxylation is 3. The van der Waals surface area contributed by atoms with E-state index in [1.165, 1.54) is 38.9 Å². The summed E-state index contributed by atoms with van der Waals surface area (Å²) < 4.78 is 6.56. The Balaban J connectivity index is 0.000000207. The van der Waals surface area contributed by atoms with Gasteiger partial charge in [-0.2, -0.15) is 0 Å². The Kier molecular flexibility index (Phi) is 8.86. The number of pyridine rings is 2. The first-order valence-corrected chi connectivity index (χ1v) is 16.7. The van der Waals surface area contributed by atoms with Crippen molar-refractivity contribution in [2.24, 2.45) is 0 Å². The third kappa shape index (κ3) is 5.79. The van der Waals surface area contributed by atoms with Crippen LogP contribution in [0.15, 0.2) is 132 Å². The van der Waals surface area contributed by atoms with Crippen molar-refractivity contribution in [3.05, 3.63) is 168 Å². The van der Waals surface area contributed by atoms with Gasteiger partial charge in [0, 0.05) is 54.2 Å². The Hall–Kier alpha value is -5.15. The Morgan fingerprint density at radius 3 is 2.18 bits per heavy atom. The van der Waals surface area contributed by atoms with E-state index in [0.29, 0.717) is 0 Å². The molecule has 1 radical (unpaired) electrons. The molecular weight excluding hydrogens is 789 g/mol. The molecule has 8 aromatic rings. The Morgan fingerprint density at radius 1 is 0.640 bits per heavy atom. The first-order chi connectivity index (χ1) is 23.8. The fourth-order valence-corrected chi connectivity index (χ4v) is 7.02. The summed E-state index contributed by atoms with van der Waals surface area (Å²) in [4.78, 5) is 9.07. The molecule has 0 unspecified atom stereocenters. The number of furan rings is 1. The van der Waals surface area contributed by atoms with Gasteiger partial charge in [-0.15, -0.1) is 71.3 Å². The zero-order valence-corrected chi connectivity index (χ0v) is 31.2. The molecular formula is C46H36IrN2O-2. The van der Waals surface area contributed by atoms with E-state index in [4.69, 9.17) is 4.42 Å². The second-order valence-corrected chi connectivity index (χ2v) is 13.5. The Bertz CT molecular complexity index is 2490. The molecule has 3 nitrogen and oxygen atoms in total. The minimum atomic E-state index is -0.101. The molecule has 0 spiro atoms. The number of hydrogen-bond acceptors (Lipinski definition) is 3. The second kappa shape index (κ2) is 13.3. The van der Waals surface area contributed by atoms with Crippen molar-refractivity contribution >= 4 is 21.9 Å². The van der Waals surface area contributed by atoms with Gasteiger partial charge in [0.25, 0.3) is 0 Å². The molecule has 247 valence electrons. The van der Waals surface area contributed by atoms with Crippen LogP contribution in [0.3, 0.4) is 0 Å². The van der Waals surface area contributed by atoms with Gasteiger partial charge in [0.2, 0.25) is 0 Å². The van der Waals surface area contributed by atoms with Crippen LogP contribution < -0.4 is 0 Å². The van der Waals surface area contributed by atoms with E-state index in [1.807, 2.05) is 42.7 Å². The standard InChI is InChI=1S/C32H22NO.C14H14N.Ir/c1-32(2)25-14-8-6-13-23(25)30-26(32)19-24-22-12-7-9-15-28(22)34-31(24)29(30)21-16-17-33-27(18-21)20-10-4-3-5-11-20;1-10-4-6-13(7-5-10)14-8-11(2)12(3)9-15-14;/h3-10,12-19H,1-2H3;4-6,8-9H,1-3H3;/q2*-1;. The van der Waals surface area contributed by atoms with Crippen LogP contribution in [0.5, 0.6) is 0 Å². The molecule has 0 amide bonds. The number of rotatable bonds is 3. The molecule has 3 heterocycles. The molecule has 0 aliphatic heterocycles. The van der Waals surface area contributed by atoms with Crippen molar-refractivity contribution in [2.45, 2.75) is 40.0 Å². The Morgan fingerprint density at radius 2 is 1.40 bits per heavy atom. The van der Waals surface area contributed by atoms with Crippen molar-refractivity contribution in [3.8, 4) is 44.8 Å². The van der Waals surface area contributed by atoms with E-state index < -0.39 is 0 Å². The minimum Gasteiger partial charge on any atom is -0.455 e. The van der Waals surface area contributed by atoms with E-state index >= 15 is 0 Å². The third-order valence-electron chi connectivity index (χ3n) is 9.86. The van der Waals surface area contributed by atoms with Gasteiger partial charge < -0.3 is 14.4 Å². The number of para-hydroxylation sites is 1. The number of hydrogen-bond donors (Lipinski definition) is 0. The van der Waals surface area contributed by atoms with Gasteiger partial charge in [-0.1, -0.05) is 80.9 Å². The molecule has 1 aliphatic carbocycles. The third-order valence-corrected chi connectivity index (χ3v) is 9.86. The monoisotopic (exact) mass is 825 g/mol. The fourth-order valence-electron chi connectivity index (χ4n) is 7.02. The molecule has 0 saturated carbocycles. The van der Waals surface area contributed by atoms with Crippen LogP contribution in [0.2, 0.25) is 0 Å². The number of fused-ring (bicyclic) bond motifs is 6. The predicted molar refractivity (Wildman–Crippen MR) is 202 cm³/mol. The summed E-state index contributed by atoms with van der Waals surface area (Å²) in [6.45, 7) is 10.9. The van der Waals surface area contributed by atoms with Gasteiger partial charge >= 0.3 is 0 Å². The SMILES string of the molecule is CC1(C)c2ccccc2-c2c1cc1c(oc3ccccc31)c2-c1ccnc(-c2[c-]cccc2)c1.Cc1c[c-]c(-c2cc(C)c(C)cn2)cc1.[Ir]. The molecule has 1 aliphatic rings. The Labute approximate surface area is 307 Å². The topological polar surface area (TPSA) is 38.9 Å². The molecule has 50 heavy (non-hydrogen) atoms. The average Bonchev–Trinajstić information content (AvgIpc) is 3.61. The van der Waals surface area contributed by atoms with Gasteiger partial charge in [-0.3, -0.25) is 0 Å². The van der Waals surface area contributed by atoms with Crippen LogP contribution in [0.25, 0.3) is 66.7 Å². The minimum absolute atomic E-state index is 0. The largest absolute Gasteiger partial charge is 0.455 e. The zero-order chi connectivity index (χ0) is 33.7. The van der Waals surface area contributed by atoms with Crippen molar-refractivity contribution in [3.63, 3.8) is 0 Å². The summed E-state index contributed by atoms with van der Waals surface area (Å²) in [5, 5.41) is 2.31. The molecule has 4 heteroatoms. The molecule has 0 fully saturated rings. The number of nitrogens with zero attached hydrogens (tertiary/aromatic N) is 2. The summed E-state index contributed by atoms with van der Waals surface area (Å²) >= 11 is 0. The van der Waals surface area contributed by atoms with E-state index in [0.717, 1.165) is 55.6 Å². The molecule has 9 rings (SSSR count). The molecule has 0 N–H and O–H groups in total. The number of benzene rings is 5. The molecule has 5 aromatic carbocycles. The predicted octanol–water partition coefficient (Wildman–Crippen LogP) is 11.9. The fraction of sp³-hybridized carbons (Fsp3) is 0.130. The van der Waals surface area contributed by atoms with Crippen molar-refractivity contribution < 1.29 is 24.5 Å². The van der Waals surface area contributed by atoms with Crippen molar-refractivity contribution in [2.75, 3.05) is 0 Å². The first-order valence-electron chi connectivity index (χ1n) is 16.7. The van der Waals surface area contributed by atoms with E-state index in [-0.39, 0.29) is 25.5 Å². The van der Waals surface area contributed by atoms with E-state index in [2.05, 4.69) is 142 Å². The van der Waals surface area contributed by atoms with Gasteiger partial charge in [0.05, 0.1) is 0 Å². The average molecular weight is 825 g/mol. The van der Waals surface area contributed by atoms with Crippen LogP contribution in [-0.4, -0.2) is 9.97 Å². The molecule has 0 atom stereocenters. The quantitative estimate of drug-likeness (QED) is 0.167. The van der Waals surface area contributed by atoms with Gasteiger partial charge in [0.15, 0.2) is 0 Å². The zero-order valence-electron chi connectivity index (χ0n) is 28.8. The van der Waals surface area contributed by atoms with Gasteiger partial charge in [-0.25, -0.2) is 0 Å². The summed E-state index contributed by atoms with van der Waals surface area (Å²) in [7, 11) is 0. The second-order valence-electron chi connectivity index (χ2n) is 13.5. The maximum atomic E-state index is 6.56. The van der Waals surface area contributed by atoms with Crippen molar-refractivity contribution in [1.82, 2.24) is 9.97 Å². The van der Waals surface area contributed by atoms with Crippen LogP contribution in [0.1, 0.15) is 41.7 Å². The summed E-state index contributed by atoms with van der Waals surface area (Å²) in [5.41, 5.74) is 16.9. The molecule has 0 bridgehead atoms. The summed E-state index contributed by atoms with van der Waals surface area (Å²) in [6.07, 6.45) is 3.81. The van der Waals surface area contributed by atoms with Crippen LogP contribution in [-0.2, 0) is 25.5 Å². The smallest absolute Gasteiger partial charge is 0.143 e. The molecule has 3 aromatic heterocycles. The van der Waals surface area contributed by atoms with Crippen LogP contribution in [0, 0.1) is 32.9 Å². The summed E-state index contributed by atoms with van der Waals surface area (Å²) in [6, 6.07) is 46.5. The van der Waals surface area contributed by atoms with Gasteiger partial charge in [0.1, 0.15) is 11.2 Å². The first kappa shape index (κ1) is 33.4. The van der Waals surface area contributed by atoms with Crippen LogP contribution in [0.4, 0.5) is 0 Å². The maximum absolute atomic E-state index is 6.56. The van der Waals surface area contributed by atoms with E-state index in [1.54, 1.807) is 0 Å². The van der Waals surface area contributed by atoms with E-state index in [9.17, 15) is 0 Å².